The molecule has 1 saturated heterocycles. The van der Waals surface area contributed by atoms with E-state index in [1.807, 2.05) is 13.0 Å². The molecule has 1 fully saturated rings. The Kier molecular flexibility index (Phi) is 2.63. The number of hydrogen-bond acceptors (Lipinski definition) is 4. The van der Waals surface area contributed by atoms with E-state index in [0.29, 0.717) is 31.9 Å². The van der Waals surface area contributed by atoms with Crippen LogP contribution in [0.15, 0.2) is 12.3 Å². The van der Waals surface area contributed by atoms with Gasteiger partial charge in [-0.3, -0.25) is 0 Å². The van der Waals surface area contributed by atoms with Gasteiger partial charge in [-0.15, -0.1) is 0 Å². The first-order valence-corrected chi connectivity index (χ1v) is 5.15. The van der Waals surface area contributed by atoms with Gasteiger partial charge in [-0.05, 0) is 18.6 Å². The van der Waals surface area contributed by atoms with Crippen molar-refractivity contribution in [2.75, 3.05) is 18.9 Å². The van der Waals surface area contributed by atoms with Gasteiger partial charge in [0, 0.05) is 37.8 Å². The van der Waals surface area contributed by atoms with Crippen molar-refractivity contribution in [1.29, 1.82) is 0 Å². The molecule has 15 heavy (non-hydrogen) atoms. The van der Waals surface area contributed by atoms with Crippen molar-refractivity contribution in [3.8, 4) is 0 Å². The predicted molar refractivity (Wildman–Crippen MR) is 57.3 cm³/mol. The van der Waals surface area contributed by atoms with Gasteiger partial charge in [0.25, 0.3) is 0 Å². The fourth-order valence-corrected chi connectivity index (χ4v) is 2.14. The minimum atomic E-state index is -0.860. The maximum absolute atomic E-state index is 10.5. The van der Waals surface area contributed by atoms with Crippen molar-refractivity contribution in [2.24, 2.45) is 0 Å². The Bertz CT molecular complexity index is 339. The molecule has 0 saturated carbocycles. The second-order valence-corrected chi connectivity index (χ2v) is 4.03. The highest BCUT2D eigenvalue weighted by atomic mass is 16.5. The van der Waals surface area contributed by atoms with Gasteiger partial charge in [0.15, 0.2) is 0 Å². The summed E-state index contributed by atoms with van der Waals surface area (Å²) >= 11 is 0. The summed E-state index contributed by atoms with van der Waals surface area (Å²) in [4.78, 5) is 4.04. The van der Waals surface area contributed by atoms with Crippen LogP contribution in [0.4, 0.5) is 5.82 Å². The summed E-state index contributed by atoms with van der Waals surface area (Å²) in [5.74, 6) is 0.430. The molecule has 1 aromatic heterocycles. The Morgan fingerprint density at radius 2 is 2.13 bits per heavy atom. The maximum atomic E-state index is 10.5. The SMILES string of the molecule is Cc1ccnc(N)c1C1(O)CCOCC1. The molecule has 0 radical (unpaired) electrons. The second kappa shape index (κ2) is 3.79. The molecule has 0 amide bonds. The van der Waals surface area contributed by atoms with E-state index in [2.05, 4.69) is 4.98 Å². The molecule has 2 heterocycles. The van der Waals surface area contributed by atoms with Crippen LogP contribution >= 0.6 is 0 Å². The Morgan fingerprint density at radius 3 is 2.73 bits per heavy atom. The molecule has 3 N–H and O–H groups in total. The van der Waals surface area contributed by atoms with Crippen molar-refractivity contribution in [3.63, 3.8) is 0 Å². The monoisotopic (exact) mass is 208 g/mol. The highest BCUT2D eigenvalue weighted by Gasteiger charge is 2.35. The topological polar surface area (TPSA) is 68.4 Å². The summed E-state index contributed by atoms with van der Waals surface area (Å²) in [7, 11) is 0. The number of aromatic nitrogens is 1. The molecular weight excluding hydrogens is 192 g/mol. The lowest BCUT2D eigenvalue weighted by atomic mass is 9.84. The van der Waals surface area contributed by atoms with E-state index in [0.717, 1.165) is 11.1 Å². The molecule has 0 unspecified atom stereocenters. The highest BCUT2D eigenvalue weighted by Crippen LogP contribution is 2.36. The van der Waals surface area contributed by atoms with Crippen molar-refractivity contribution >= 4 is 5.82 Å². The highest BCUT2D eigenvalue weighted by molar-refractivity contribution is 5.47. The van der Waals surface area contributed by atoms with Gasteiger partial charge in [0.2, 0.25) is 0 Å². The molecule has 0 bridgehead atoms. The average molecular weight is 208 g/mol. The Hall–Kier alpha value is -1.13. The maximum Gasteiger partial charge on any atom is 0.129 e. The van der Waals surface area contributed by atoms with Crippen LogP contribution in [0.1, 0.15) is 24.0 Å². The number of nitrogen functional groups attached to an aromatic ring is 1. The van der Waals surface area contributed by atoms with E-state index >= 15 is 0 Å². The van der Waals surface area contributed by atoms with E-state index in [9.17, 15) is 5.11 Å². The van der Waals surface area contributed by atoms with Crippen molar-refractivity contribution in [1.82, 2.24) is 4.98 Å². The van der Waals surface area contributed by atoms with Gasteiger partial charge < -0.3 is 15.6 Å². The van der Waals surface area contributed by atoms with Gasteiger partial charge >= 0.3 is 0 Å². The summed E-state index contributed by atoms with van der Waals surface area (Å²) in [6.45, 7) is 3.09. The molecule has 1 aliphatic heterocycles. The van der Waals surface area contributed by atoms with Gasteiger partial charge in [-0.25, -0.2) is 4.98 Å². The van der Waals surface area contributed by atoms with Crippen LogP contribution in [0, 0.1) is 6.92 Å². The first-order valence-electron chi connectivity index (χ1n) is 5.15. The molecule has 0 aliphatic carbocycles. The predicted octanol–water partition coefficient (Wildman–Crippen LogP) is 0.970. The van der Waals surface area contributed by atoms with Crippen LogP contribution in [0.2, 0.25) is 0 Å². The molecule has 2 rings (SSSR count). The zero-order valence-electron chi connectivity index (χ0n) is 8.86. The number of aliphatic hydroxyl groups is 1. The van der Waals surface area contributed by atoms with Crippen LogP contribution in [-0.4, -0.2) is 23.3 Å². The van der Waals surface area contributed by atoms with Crippen LogP contribution in [0.25, 0.3) is 0 Å². The molecule has 0 spiro atoms. The summed E-state index contributed by atoms with van der Waals surface area (Å²) in [5, 5.41) is 10.5. The quantitative estimate of drug-likeness (QED) is 0.721. The molecule has 82 valence electrons. The van der Waals surface area contributed by atoms with Crippen molar-refractivity contribution in [3.05, 3.63) is 23.4 Å². The third-order valence-corrected chi connectivity index (χ3v) is 2.97. The number of rotatable bonds is 1. The number of hydrogen-bond donors (Lipinski definition) is 2. The minimum Gasteiger partial charge on any atom is -0.385 e. The standard InChI is InChI=1S/C11H16N2O2/c1-8-2-5-13-10(12)9(8)11(14)3-6-15-7-4-11/h2,5,14H,3-4,6-7H2,1H3,(H2,12,13). The Labute approximate surface area is 89.1 Å². The first kappa shape index (κ1) is 10.4. The van der Waals surface area contributed by atoms with E-state index < -0.39 is 5.60 Å². The van der Waals surface area contributed by atoms with E-state index in [4.69, 9.17) is 10.5 Å². The third kappa shape index (κ3) is 1.82. The molecule has 0 atom stereocenters. The number of anilines is 1. The fraction of sp³-hybridized carbons (Fsp3) is 0.545. The first-order chi connectivity index (χ1) is 7.13. The van der Waals surface area contributed by atoms with Crippen LogP contribution < -0.4 is 5.73 Å². The zero-order chi connectivity index (χ0) is 10.9. The number of aryl methyl sites for hydroxylation is 1. The van der Waals surface area contributed by atoms with E-state index in [-0.39, 0.29) is 0 Å². The zero-order valence-corrected chi connectivity index (χ0v) is 8.86. The molecule has 0 aromatic carbocycles. The van der Waals surface area contributed by atoms with Crippen LogP contribution in [-0.2, 0) is 10.3 Å². The third-order valence-electron chi connectivity index (χ3n) is 2.97. The second-order valence-electron chi connectivity index (χ2n) is 4.03. The lowest BCUT2D eigenvalue weighted by Crippen LogP contribution is -2.35. The average Bonchev–Trinajstić information content (AvgIpc) is 2.18. The number of pyridine rings is 1. The van der Waals surface area contributed by atoms with Crippen LogP contribution in [0.3, 0.4) is 0 Å². The van der Waals surface area contributed by atoms with Gasteiger partial charge in [-0.1, -0.05) is 0 Å². The molecule has 4 nitrogen and oxygen atoms in total. The summed E-state index contributed by atoms with van der Waals surface area (Å²) in [6, 6.07) is 1.87. The van der Waals surface area contributed by atoms with Crippen molar-refractivity contribution < 1.29 is 9.84 Å². The van der Waals surface area contributed by atoms with Gasteiger partial charge in [-0.2, -0.15) is 0 Å². The van der Waals surface area contributed by atoms with Crippen LogP contribution in [0.5, 0.6) is 0 Å². The van der Waals surface area contributed by atoms with E-state index in [1.54, 1.807) is 6.20 Å². The lowest BCUT2D eigenvalue weighted by molar-refractivity contribution is -0.0679. The molecule has 1 aliphatic rings. The molecule has 4 heteroatoms. The summed E-state index contributed by atoms with van der Waals surface area (Å²) in [6.07, 6.45) is 2.84. The summed E-state index contributed by atoms with van der Waals surface area (Å²) in [5.41, 5.74) is 6.73. The largest absolute Gasteiger partial charge is 0.385 e. The van der Waals surface area contributed by atoms with Crippen molar-refractivity contribution in [2.45, 2.75) is 25.4 Å². The molecule has 1 aromatic rings. The number of nitrogens with two attached hydrogens (primary N) is 1. The summed E-state index contributed by atoms with van der Waals surface area (Å²) < 4.78 is 5.24. The smallest absolute Gasteiger partial charge is 0.129 e. The molecular formula is C11H16N2O2. The van der Waals surface area contributed by atoms with E-state index in [1.165, 1.54) is 0 Å². The Morgan fingerprint density at radius 1 is 1.47 bits per heavy atom. The number of nitrogens with zero attached hydrogens (tertiary/aromatic N) is 1. The fourth-order valence-electron chi connectivity index (χ4n) is 2.14. The van der Waals surface area contributed by atoms with Gasteiger partial charge in [0.1, 0.15) is 5.82 Å². The number of ether oxygens (including phenoxy) is 1. The Balaban J connectivity index is 2.42. The lowest BCUT2D eigenvalue weighted by Gasteiger charge is -2.34. The normalized spacial score (nSPS) is 20.1. The van der Waals surface area contributed by atoms with Gasteiger partial charge in [0.05, 0.1) is 5.60 Å². The minimum absolute atomic E-state index is 0.430.